The Labute approximate surface area is 99.7 Å². The number of fused-ring (bicyclic) bond motifs is 1. The molecule has 0 atom stereocenters. The highest BCUT2D eigenvalue weighted by Gasteiger charge is 2.21. The van der Waals surface area contributed by atoms with E-state index in [1.807, 2.05) is 13.0 Å². The number of hydrogen-bond donors (Lipinski definition) is 1. The van der Waals surface area contributed by atoms with Gasteiger partial charge in [-0.2, -0.15) is 4.39 Å². The Kier molecular flexibility index (Phi) is 2.59. The molecule has 3 nitrogen and oxygen atoms in total. The maximum atomic E-state index is 13.7. The van der Waals surface area contributed by atoms with E-state index in [0.29, 0.717) is 5.92 Å². The third-order valence-electron chi connectivity index (χ3n) is 3.59. The Morgan fingerprint density at radius 1 is 1.35 bits per heavy atom. The molecule has 2 aromatic heterocycles. The predicted octanol–water partition coefficient (Wildman–Crippen LogP) is 2.25. The molecule has 0 bridgehead atoms. The summed E-state index contributed by atoms with van der Waals surface area (Å²) in [6.45, 7) is 4.02. The largest absolute Gasteiger partial charge is 0.317 e. The smallest absolute Gasteiger partial charge is 0.199 e. The van der Waals surface area contributed by atoms with E-state index in [0.717, 1.165) is 43.0 Å². The fraction of sp³-hybridized carbons (Fsp3) is 0.462. The standard InChI is InChI=1S/C13H16FN3/c1-9-13(10-5-7-15-8-6-10)16-12-4-2-3-11(14)17(9)12/h2-4,10,15H,5-8H2,1H3. The quantitative estimate of drug-likeness (QED) is 0.765. The molecule has 0 aliphatic carbocycles. The monoisotopic (exact) mass is 233 g/mol. The zero-order valence-electron chi connectivity index (χ0n) is 9.91. The van der Waals surface area contributed by atoms with Gasteiger partial charge in [0.15, 0.2) is 5.95 Å². The first-order valence-corrected chi connectivity index (χ1v) is 6.11. The van der Waals surface area contributed by atoms with E-state index in [1.165, 1.54) is 6.07 Å². The number of aromatic nitrogens is 2. The molecule has 1 saturated heterocycles. The molecule has 0 spiro atoms. The lowest BCUT2D eigenvalue weighted by molar-refractivity contribution is 0.452. The minimum Gasteiger partial charge on any atom is -0.317 e. The predicted molar refractivity (Wildman–Crippen MR) is 64.7 cm³/mol. The SMILES string of the molecule is Cc1c(C2CCNCC2)nc2cccc(F)n12. The molecule has 17 heavy (non-hydrogen) atoms. The fourth-order valence-electron chi connectivity index (χ4n) is 2.69. The molecule has 1 N–H and O–H groups in total. The maximum absolute atomic E-state index is 13.7. The summed E-state index contributed by atoms with van der Waals surface area (Å²) in [5.41, 5.74) is 2.73. The number of rotatable bonds is 1. The van der Waals surface area contributed by atoms with Gasteiger partial charge in [-0.1, -0.05) is 6.07 Å². The number of piperidine rings is 1. The van der Waals surface area contributed by atoms with Gasteiger partial charge in [0.1, 0.15) is 5.65 Å². The second-order valence-corrected chi connectivity index (χ2v) is 4.65. The Morgan fingerprint density at radius 2 is 2.12 bits per heavy atom. The molecule has 3 heterocycles. The molecular weight excluding hydrogens is 217 g/mol. The van der Waals surface area contributed by atoms with Crippen LogP contribution in [0.4, 0.5) is 4.39 Å². The molecule has 0 unspecified atom stereocenters. The van der Waals surface area contributed by atoms with Gasteiger partial charge in [-0.3, -0.25) is 4.40 Å². The molecule has 1 fully saturated rings. The first-order chi connectivity index (χ1) is 8.27. The summed E-state index contributed by atoms with van der Waals surface area (Å²) in [4.78, 5) is 4.59. The van der Waals surface area contributed by atoms with Crippen molar-refractivity contribution in [2.75, 3.05) is 13.1 Å². The third-order valence-corrected chi connectivity index (χ3v) is 3.59. The van der Waals surface area contributed by atoms with Crippen LogP contribution in [0.25, 0.3) is 5.65 Å². The van der Waals surface area contributed by atoms with Gasteiger partial charge in [-0.15, -0.1) is 0 Å². The van der Waals surface area contributed by atoms with Crippen LogP contribution in [0.15, 0.2) is 18.2 Å². The number of imidazole rings is 1. The van der Waals surface area contributed by atoms with E-state index < -0.39 is 0 Å². The summed E-state index contributed by atoms with van der Waals surface area (Å²) >= 11 is 0. The van der Waals surface area contributed by atoms with Crippen molar-refractivity contribution in [1.82, 2.24) is 14.7 Å². The van der Waals surface area contributed by atoms with E-state index in [9.17, 15) is 4.39 Å². The molecule has 90 valence electrons. The Balaban J connectivity index is 2.10. The van der Waals surface area contributed by atoms with Gasteiger partial charge < -0.3 is 5.32 Å². The fourth-order valence-corrected chi connectivity index (χ4v) is 2.69. The number of nitrogens with one attached hydrogen (secondary N) is 1. The van der Waals surface area contributed by atoms with Crippen molar-refractivity contribution in [2.45, 2.75) is 25.7 Å². The van der Waals surface area contributed by atoms with Crippen LogP contribution in [0.2, 0.25) is 0 Å². The van der Waals surface area contributed by atoms with E-state index >= 15 is 0 Å². The van der Waals surface area contributed by atoms with Crippen LogP contribution >= 0.6 is 0 Å². The number of nitrogens with zero attached hydrogens (tertiary/aromatic N) is 2. The second-order valence-electron chi connectivity index (χ2n) is 4.65. The van der Waals surface area contributed by atoms with Crippen molar-refractivity contribution in [3.8, 4) is 0 Å². The number of halogens is 1. The number of pyridine rings is 1. The number of hydrogen-bond acceptors (Lipinski definition) is 2. The van der Waals surface area contributed by atoms with Gasteiger partial charge >= 0.3 is 0 Å². The average Bonchev–Trinajstić information content (AvgIpc) is 2.69. The molecule has 0 radical (unpaired) electrons. The van der Waals surface area contributed by atoms with Gasteiger partial charge in [0, 0.05) is 11.6 Å². The zero-order chi connectivity index (χ0) is 11.8. The van der Waals surface area contributed by atoms with Crippen LogP contribution in [-0.2, 0) is 0 Å². The van der Waals surface area contributed by atoms with Crippen LogP contribution < -0.4 is 5.32 Å². The zero-order valence-corrected chi connectivity index (χ0v) is 9.91. The lowest BCUT2D eigenvalue weighted by Crippen LogP contribution is -2.27. The minimum atomic E-state index is -0.229. The van der Waals surface area contributed by atoms with Crippen LogP contribution in [0.1, 0.15) is 30.1 Å². The van der Waals surface area contributed by atoms with Crippen molar-refractivity contribution >= 4 is 5.65 Å². The molecule has 0 saturated carbocycles. The van der Waals surface area contributed by atoms with E-state index in [-0.39, 0.29) is 5.95 Å². The van der Waals surface area contributed by atoms with Crippen molar-refractivity contribution in [1.29, 1.82) is 0 Å². The lowest BCUT2D eigenvalue weighted by atomic mass is 9.94. The summed E-state index contributed by atoms with van der Waals surface area (Å²) in [5, 5.41) is 3.34. The molecule has 1 aliphatic rings. The Bertz CT molecular complexity index is 541. The summed E-state index contributed by atoms with van der Waals surface area (Å²) in [7, 11) is 0. The van der Waals surface area contributed by atoms with E-state index in [4.69, 9.17) is 0 Å². The lowest BCUT2D eigenvalue weighted by Gasteiger charge is -2.21. The molecule has 0 amide bonds. The van der Waals surface area contributed by atoms with Crippen LogP contribution in [0.5, 0.6) is 0 Å². The van der Waals surface area contributed by atoms with Crippen molar-refractivity contribution in [3.63, 3.8) is 0 Å². The summed E-state index contributed by atoms with van der Waals surface area (Å²) in [5.74, 6) is 0.239. The van der Waals surface area contributed by atoms with Gasteiger partial charge in [0.05, 0.1) is 5.69 Å². The van der Waals surface area contributed by atoms with Crippen LogP contribution in [0.3, 0.4) is 0 Å². The maximum Gasteiger partial charge on any atom is 0.199 e. The van der Waals surface area contributed by atoms with Gasteiger partial charge in [0.25, 0.3) is 0 Å². The third kappa shape index (κ3) is 1.72. The summed E-state index contributed by atoms with van der Waals surface area (Å²) < 4.78 is 15.3. The molecule has 4 heteroatoms. The van der Waals surface area contributed by atoms with E-state index in [1.54, 1.807) is 10.5 Å². The topological polar surface area (TPSA) is 29.3 Å². The molecule has 3 rings (SSSR count). The van der Waals surface area contributed by atoms with Crippen molar-refractivity contribution < 1.29 is 4.39 Å². The molecule has 0 aromatic carbocycles. The van der Waals surface area contributed by atoms with Gasteiger partial charge in [-0.25, -0.2) is 4.98 Å². The molecule has 1 aliphatic heterocycles. The van der Waals surface area contributed by atoms with Crippen LogP contribution in [0, 0.1) is 12.9 Å². The summed E-state index contributed by atoms with van der Waals surface area (Å²) in [6.07, 6.45) is 2.18. The Hall–Kier alpha value is -1.42. The normalized spacial score (nSPS) is 17.8. The summed E-state index contributed by atoms with van der Waals surface area (Å²) in [6, 6.07) is 5.05. The van der Waals surface area contributed by atoms with Gasteiger partial charge in [-0.05, 0) is 45.0 Å². The second kappa shape index (κ2) is 4.11. The van der Waals surface area contributed by atoms with Crippen molar-refractivity contribution in [2.24, 2.45) is 0 Å². The Morgan fingerprint density at radius 3 is 2.82 bits per heavy atom. The highest BCUT2D eigenvalue weighted by Crippen LogP contribution is 2.28. The first kappa shape index (κ1) is 10.7. The highest BCUT2D eigenvalue weighted by atomic mass is 19.1. The molecule has 2 aromatic rings. The molecular formula is C13H16FN3. The average molecular weight is 233 g/mol. The minimum absolute atomic E-state index is 0.229. The van der Waals surface area contributed by atoms with Gasteiger partial charge in [0.2, 0.25) is 0 Å². The van der Waals surface area contributed by atoms with E-state index in [2.05, 4.69) is 10.3 Å². The highest BCUT2D eigenvalue weighted by molar-refractivity contribution is 5.44. The van der Waals surface area contributed by atoms with Crippen molar-refractivity contribution in [3.05, 3.63) is 35.5 Å². The first-order valence-electron chi connectivity index (χ1n) is 6.11. The van der Waals surface area contributed by atoms with Crippen LogP contribution in [-0.4, -0.2) is 22.5 Å². The number of aryl methyl sites for hydroxylation is 1.